The third-order valence-electron chi connectivity index (χ3n) is 8.08. The van der Waals surface area contributed by atoms with E-state index in [4.69, 9.17) is 28.8 Å². The number of hydroxylamine groups is 2. The van der Waals surface area contributed by atoms with Crippen molar-refractivity contribution in [2.75, 3.05) is 0 Å². The molecule has 0 aromatic carbocycles. The molecule has 2 bridgehead atoms. The fourth-order valence-corrected chi connectivity index (χ4v) is 6.20. The van der Waals surface area contributed by atoms with E-state index < -0.39 is 47.7 Å². The number of rotatable bonds is 5. The topological polar surface area (TPSA) is 127 Å². The molecule has 188 valence electrons. The van der Waals surface area contributed by atoms with Gasteiger partial charge in [-0.15, -0.1) is 5.06 Å². The van der Waals surface area contributed by atoms with E-state index in [-0.39, 0.29) is 43.4 Å². The summed E-state index contributed by atoms with van der Waals surface area (Å²) in [4.78, 5) is 64.3. The van der Waals surface area contributed by atoms with Crippen LogP contribution in [0.1, 0.15) is 72.1 Å². The van der Waals surface area contributed by atoms with Crippen LogP contribution in [0, 0.1) is 23.7 Å². The van der Waals surface area contributed by atoms with Gasteiger partial charge in [0.05, 0.1) is 12.8 Å². The summed E-state index contributed by atoms with van der Waals surface area (Å²) in [6.45, 7) is 6.00. The molecule has 6 fully saturated rings. The molecular weight excluding hydrogens is 450 g/mol. The number of nitrogens with zero attached hydrogens (tertiary/aromatic N) is 1. The highest BCUT2D eigenvalue weighted by molar-refractivity contribution is 6.01. The maximum absolute atomic E-state index is 12.5. The van der Waals surface area contributed by atoms with Gasteiger partial charge in [0, 0.05) is 31.1 Å². The van der Waals surface area contributed by atoms with Crippen LogP contribution >= 0.6 is 0 Å². The lowest BCUT2D eigenvalue weighted by Crippen LogP contribution is -2.70. The zero-order valence-electron chi connectivity index (χ0n) is 19.7. The van der Waals surface area contributed by atoms with Gasteiger partial charge in [0.25, 0.3) is 11.8 Å². The van der Waals surface area contributed by atoms with E-state index in [1.54, 1.807) is 0 Å². The van der Waals surface area contributed by atoms with Crippen molar-refractivity contribution >= 4 is 23.8 Å². The van der Waals surface area contributed by atoms with Crippen LogP contribution in [0.25, 0.3) is 0 Å². The Labute approximate surface area is 197 Å². The number of hydrogen-bond donors (Lipinski definition) is 0. The lowest BCUT2D eigenvalue weighted by Gasteiger charge is -2.59. The van der Waals surface area contributed by atoms with E-state index >= 15 is 0 Å². The lowest BCUT2D eigenvalue weighted by molar-refractivity contribution is -0.576. The normalized spacial score (nSPS) is 43.3. The summed E-state index contributed by atoms with van der Waals surface area (Å²) in [5.41, 5.74) is -0.755. The molecule has 34 heavy (non-hydrogen) atoms. The van der Waals surface area contributed by atoms with Crippen molar-refractivity contribution in [3.8, 4) is 0 Å². The van der Waals surface area contributed by atoms with Crippen LogP contribution in [0.2, 0.25) is 0 Å². The molecule has 0 N–H and O–H groups in total. The van der Waals surface area contributed by atoms with Crippen LogP contribution in [-0.2, 0) is 48.0 Å². The molecular formula is C23H31NO10. The number of esters is 1. The molecule has 0 radical (unpaired) electrons. The molecule has 2 amide bonds. The van der Waals surface area contributed by atoms with E-state index in [0.29, 0.717) is 17.4 Å². The van der Waals surface area contributed by atoms with Gasteiger partial charge in [-0.1, -0.05) is 13.8 Å². The summed E-state index contributed by atoms with van der Waals surface area (Å²) in [7, 11) is 0. The second-order valence-electron chi connectivity index (χ2n) is 10.3. The van der Waals surface area contributed by atoms with Crippen molar-refractivity contribution in [1.82, 2.24) is 5.06 Å². The first-order chi connectivity index (χ1) is 16.1. The molecule has 8 atom stereocenters. The zero-order chi connectivity index (χ0) is 24.3. The Morgan fingerprint density at radius 3 is 2.44 bits per heavy atom. The summed E-state index contributed by atoms with van der Waals surface area (Å²) in [5.74, 6) is -3.14. The van der Waals surface area contributed by atoms with Gasteiger partial charge < -0.3 is 19.0 Å². The predicted octanol–water partition coefficient (Wildman–Crippen LogP) is 2.12. The minimum absolute atomic E-state index is 0.00436. The van der Waals surface area contributed by atoms with Crippen molar-refractivity contribution < 1.29 is 48.0 Å². The van der Waals surface area contributed by atoms with Crippen LogP contribution in [0.15, 0.2) is 0 Å². The molecule has 11 nitrogen and oxygen atoms in total. The average Bonchev–Trinajstić information content (AvgIpc) is 2.95. The Balaban J connectivity index is 1.23. The summed E-state index contributed by atoms with van der Waals surface area (Å²) in [5, 5.41) is 0.459. The fourth-order valence-electron chi connectivity index (χ4n) is 6.20. The standard InChI is InChI=1S/C23H31NO10/c1-12-4-5-15-13(2)20(30-21-23(15)14(12)10-11-22(3,31-21)33-34-23)29-18(27)8-9-19(28)32-24-16(25)6-7-17(24)26/h12-15,20-21H,4-11H2,1-3H3/t12-,13-,14+,15+,20-,21-,22+,23-/m1/s1. The molecule has 1 saturated carbocycles. The molecule has 6 rings (SSSR count). The van der Waals surface area contributed by atoms with Crippen LogP contribution in [0.5, 0.6) is 0 Å². The largest absolute Gasteiger partial charge is 0.435 e. The number of ether oxygens (including phenoxy) is 3. The molecule has 0 aromatic heterocycles. The van der Waals surface area contributed by atoms with E-state index in [1.807, 2.05) is 13.8 Å². The smallest absolute Gasteiger partial charge is 0.333 e. The van der Waals surface area contributed by atoms with Crippen LogP contribution in [0.3, 0.4) is 0 Å². The molecule has 0 unspecified atom stereocenters. The Morgan fingerprint density at radius 1 is 1.00 bits per heavy atom. The number of carbonyl (C=O) groups excluding carboxylic acids is 4. The van der Waals surface area contributed by atoms with Crippen LogP contribution in [-0.4, -0.2) is 52.8 Å². The van der Waals surface area contributed by atoms with Gasteiger partial charge in [0.2, 0.25) is 12.1 Å². The van der Waals surface area contributed by atoms with Crippen molar-refractivity contribution in [3.05, 3.63) is 0 Å². The van der Waals surface area contributed by atoms with E-state index in [0.717, 1.165) is 19.3 Å². The molecule has 1 aliphatic carbocycles. The maximum atomic E-state index is 12.5. The van der Waals surface area contributed by atoms with Crippen molar-refractivity contribution in [3.63, 3.8) is 0 Å². The first-order valence-corrected chi connectivity index (χ1v) is 12.1. The zero-order valence-corrected chi connectivity index (χ0v) is 19.7. The van der Waals surface area contributed by atoms with Crippen molar-refractivity contribution in [1.29, 1.82) is 0 Å². The molecule has 1 spiro atoms. The quantitative estimate of drug-likeness (QED) is 0.327. The number of carbonyl (C=O) groups is 4. The second-order valence-corrected chi connectivity index (χ2v) is 10.3. The second kappa shape index (κ2) is 8.54. The summed E-state index contributed by atoms with van der Waals surface area (Å²) in [6.07, 6.45) is 1.25. The first-order valence-electron chi connectivity index (χ1n) is 12.1. The Kier molecular flexibility index (Phi) is 5.94. The van der Waals surface area contributed by atoms with Gasteiger partial charge in [0.15, 0.2) is 11.9 Å². The van der Waals surface area contributed by atoms with Gasteiger partial charge in [-0.25, -0.2) is 14.6 Å². The third kappa shape index (κ3) is 3.82. The van der Waals surface area contributed by atoms with Crippen LogP contribution in [0.4, 0.5) is 0 Å². The monoisotopic (exact) mass is 481 g/mol. The van der Waals surface area contributed by atoms with Crippen LogP contribution < -0.4 is 0 Å². The number of hydrogen-bond acceptors (Lipinski definition) is 10. The molecule has 5 heterocycles. The SMILES string of the molecule is C[C@H]1[C@H](OC(=O)CCC(=O)ON2C(=O)CCC2=O)O[C@@H]2O[C@]3(C)CC[C@H]4[C@H](C)CC[C@@H]1[C@@]24OO3. The molecule has 5 aliphatic heterocycles. The number of imide groups is 1. The van der Waals surface area contributed by atoms with Gasteiger partial charge >= 0.3 is 11.9 Å². The highest BCUT2D eigenvalue weighted by Gasteiger charge is 2.69. The number of amides is 2. The summed E-state index contributed by atoms with van der Waals surface area (Å²) >= 11 is 0. The minimum atomic E-state index is -0.930. The van der Waals surface area contributed by atoms with Gasteiger partial charge in [-0.3, -0.25) is 14.4 Å². The van der Waals surface area contributed by atoms with E-state index in [9.17, 15) is 19.2 Å². The predicted molar refractivity (Wildman–Crippen MR) is 109 cm³/mol. The third-order valence-corrected chi connectivity index (χ3v) is 8.08. The van der Waals surface area contributed by atoms with Gasteiger partial charge in [0.1, 0.15) is 0 Å². The highest BCUT2D eigenvalue weighted by Crippen LogP contribution is 2.60. The Bertz CT molecular complexity index is 877. The van der Waals surface area contributed by atoms with Gasteiger partial charge in [-0.05, 0) is 38.0 Å². The minimum Gasteiger partial charge on any atom is -0.435 e. The first kappa shape index (κ1) is 23.7. The van der Waals surface area contributed by atoms with Crippen molar-refractivity contribution in [2.45, 2.75) is 96.1 Å². The number of fused-ring (bicyclic) bond motifs is 2. The molecule has 6 aliphatic rings. The summed E-state index contributed by atoms with van der Waals surface area (Å²) in [6, 6.07) is 0. The van der Waals surface area contributed by atoms with E-state index in [2.05, 4.69) is 6.92 Å². The van der Waals surface area contributed by atoms with E-state index in [1.165, 1.54) is 0 Å². The average molecular weight is 481 g/mol. The molecule has 5 saturated heterocycles. The Hall–Kier alpha value is -2.08. The maximum Gasteiger partial charge on any atom is 0.333 e. The Morgan fingerprint density at radius 2 is 1.71 bits per heavy atom. The summed E-state index contributed by atoms with van der Waals surface area (Å²) < 4.78 is 18.0. The van der Waals surface area contributed by atoms with Gasteiger partial charge in [-0.2, -0.15) is 0 Å². The lowest BCUT2D eigenvalue weighted by atomic mass is 9.58. The molecule has 0 aromatic rings. The van der Waals surface area contributed by atoms with Crippen molar-refractivity contribution in [2.24, 2.45) is 23.7 Å². The highest BCUT2D eigenvalue weighted by atomic mass is 17.3. The fraction of sp³-hybridized carbons (Fsp3) is 0.826. The molecule has 11 heteroatoms.